The normalized spacial score (nSPS) is 11.1. The highest BCUT2D eigenvalue weighted by Gasteiger charge is 2.13. The summed E-state index contributed by atoms with van der Waals surface area (Å²) in [6.45, 7) is 7.69. The molecular weight excluding hydrogens is 524 g/mol. The van der Waals surface area contributed by atoms with Gasteiger partial charge in [0, 0.05) is 31.3 Å². The van der Waals surface area contributed by atoms with Crippen LogP contribution in [0, 0.1) is 5.82 Å². The Labute approximate surface area is 204 Å². The van der Waals surface area contributed by atoms with Crippen LogP contribution in [0.5, 0.6) is 11.5 Å². The van der Waals surface area contributed by atoms with Crippen LogP contribution in [-0.2, 0) is 25.9 Å². The van der Waals surface area contributed by atoms with Crippen LogP contribution in [0.3, 0.4) is 0 Å². The maximum absolute atomic E-state index is 14.5. The van der Waals surface area contributed by atoms with E-state index in [0.29, 0.717) is 31.3 Å². The Kier molecular flexibility index (Phi) is 10.4. The molecule has 2 N–H and O–H groups in total. The molecule has 9 heteroatoms. The number of aliphatic imine (C=N–C) groups is 1. The summed E-state index contributed by atoms with van der Waals surface area (Å²) in [5, 5.41) is 10.7. The standard InChI is InChI=1S/C23H28FN5O2.HI/c1-4-20-18(21(5-2)31-29-20)15-28-23(26-6-3)27-13-16-9-10-22(19(24)12-16)30-17-8-7-11-25-14-17;/h7-12,14H,4-6,13,15H2,1-3H3,(H2,26,27,28);1H. The molecule has 7 nitrogen and oxygen atoms in total. The van der Waals surface area contributed by atoms with Crippen LogP contribution in [0.1, 0.15) is 43.4 Å². The smallest absolute Gasteiger partial charge is 0.191 e. The molecule has 172 valence electrons. The van der Waals surface area contributed by atoms with Gasteiger partial charge < -0.3 is 19.9 Å². The van der Waals surface area contributed by atoms with Gasteiger partial charge in [0.15, 0.2) is 17.5 Å². The fourth-order valence-electron chi connectivity index (χ4n) is 3.08. The van der Waals surface area contributed by atoms with E-state index in [4.69, 9.17) is 9.26 Å². The van der Waals surface area contributed by atoms with E-state index in [-0.39, 0.29) is 29.7 Å². The fourth-order valence-corrected chi connectivity index (χ4v) is 3.08. The lowest BCUT2D eigenvalue weighted by atomic mass is 10.1. The molecule has 0 fully saturated rings. The molecule has 0 radical (unpaired) electrons. The molecule has 32 heavy (non-hydrogen) atoms. The van der Waals surface area contributed by atoms with E-state index in [9.17, 15) is 4.39 Å². The second kappa shape index (κ2) is 13.0. The number of hydrogen-bond acceptors (Lipinski definition) is 5. The Morgan fingerprint density at radius 3 is 2.66 bits per heavy atom. The number of pyridine rings is 1. The van der Waals surface area contributed by atoms with Crippen LogP contribution < -0.4 is 15.4 Å². The number of aryl methyl sites for hydroxylation is 2. The zero-order valence-electron chi connectivity index (χ0n) is 18.5. The summed E-state index contributed by atoms with van der Waals surface area (Å²) in [6, 6.07) is 8.29. The van der Waals surface area contributed by atoms with E-state index in [1.54, 1.807) is 30.5 Å². The molecule has 1 aromatic carbocycles. The molecule has 0 saturated carbocycles. The maximum Gasteiger partial charge on any atom is 0.191 e. The Morgan fingerprint density at radius 1 is 1.16 bits per heavy atom. The summed E-state index contributed by atoms with van der Waals surface area (Å²) < 4.78 is 25.4. The summed E-state index contributed by atoms with van der Waals surface area (Å²) in [5.41, 5.74) is 2.76. The molecule has 3 rings (SSSR count). The first-order valence-electron chi connectivity index (χ1n) is 10.5. The molecule has 0 atom stereocenters. The van der Waals surface area contributed by atoms with E-state index in [1.165, 1.54) is 12.3 Å². The fraction of sp³-hybridized carbons (Fsp3) is 0.348. The number of nitrogens with zero attached hydrogens (tertiary/aromatic N) is 3. The zero-order valence-corrected chi connectivity index (χ0v) is 20.9. The Morgan fingerprint density at radius 2 is 2.00 bits per heavy atom. The van der Waals surface area contributed by atoms with E-state index in [1.807, 2.05) is 13.8 Å². The molecule has 0 saturated heterocycles. The molecule has 0 amide bonds. The van der Waals surface area contributed by atoms with Crippen LogP contribution in [0.25, 0.3) is 0 Å². The number of hydrogen-bond donors (Lipinski definition) is 2. The minimum Gasteiger partial charge on any atom is -0.453 e. The summed E-state index contributed by atoms with van der Waals surface area (Å²) in [7, 11) is 0. The Hall–Kier alpha value is -2.69. The van der Waals surface area contributed by atoms with Crippen molar-refractivity contribution in [2.24, 2.45) is 4.99 Å². The summed E-state index contributed by atoms with van der Waals surface area (Å²) in [4.78, 5) is 8.54. The second-order valence-corrected chi connectivity index (χ2v) is 6.84. The highest BCUT2D eigenvalue weighted by Crippen LogP contribution is 2.24. The monoisotopic (exact) mass is 553 g/mol. The van der Waals surface area contributed by atoms with Crippen molar-refractivity contribution in [3.05, 3.63) is 71.1 Å². The quantitative estimate of drug-likeness (QED) is 0.221. The van der Waals surface area contributed by atoms with Gasteiger partial charge in [-0.15, -0.1) is 24.0 Å². The minimum atomic E-state index is -0.445. The Bertz CT molecular complexity index is 989. The van der Waals surface area contributed by atoms with Crippen LogP contribution in [-0.4, -0.2) is 22.6 Å². The highest BCUT2D eigenvalue weighted by molar-refractivity contribution is 14.0. The van der Waals surface area contributed by atoms with Crippen molar-refractivity contribution in [1.29, 1.82) is 0 Å². The van der Waals surface area contributed by atoms with Crippen molar-refractivity contribution in [2.45, 2.75) is 46.7 Å². The average molecular weight is 553 g/mol. The SMILES string of the molecule is CCNC(=NCc1ccc(Oc2cccnc2)c(F)c1)NCc1c(CC)noc1CC.I. The first-order valence-corrected chi connectivity index (χ1v) is 10.5. The minimum absolute atomic E-state index is 0. The topological polar surface area (TPSA) is 84.6 Å². The van der Waals surface area contributed by atoms with Crippen molar-refractivity contribution in [2.75, 3.05) is 6.54 Å². The van der Waals surface area contributed by atoms with Gasteiger partial charge in [-0.1, -0.05) is 25.1 Å². The third-order valence-electron chi connectivity index (χ3n) is 4.66. The average Bonchev–Trinajstić information content (AvgIpc) is 3.20. The van der Waals surface area contributed by atoms with Crippen molar-refractivity contribution in [3.63, 3.8) is 0 Å². The van der Waals surface area contributed by atoms with Crippen molar-refractivity contribution in [1.82, 2.24) is 20.8 Å². The second-order valence-electron chi connectivity index (χ2n) is 6.84. The van der Waals surface area contributed by atoms with Gasteiger partial charge in [0.2, 0.25) is 0 Å². The van der Waals surface area contributed by atoms with Gasteiger partial charge in [0.25, 0.3) is 0 Å². The number of nitrogens with one attached hydrogen (secondary N) is 2. The Balaban J connectivity index is 0.00000363. The van der Waals surface area contributed by atoms with Crippen molar-refractivity contribution in [3.8, 4) is 11.5 Å². The summed E-state index contributed by atoms with van der Waals surface area (Å²) in [5.74, 6) is 1.71. The van der Waals surface area contributed by atoms with Crippen LogP contribution in [0.15, 0.2) is 52.2 Å². The van der Waals surface area contributed by atoms with Crippen molar-refractivity contribution >= 4 is 29.9 Å². The number of aromatic nitrogens is 2. The third-order valence-corrected chi connectivity index (χ3v) is 4.66. The van der Waals surface area contributed by atoms with Gasteiger partial charge >= 0.3 is 0 Å². The third kappa shape index (κ3) is 6.91. The molecule has 0 aliphatic carbocycles. The number of rotatable bonds is 9. The number of guanidine groups is 1. The first-order chi connectivity index (χ1) is 15.1. The largest absolute Gasteiger partial charge is 0.453 e. The van der Waals surface area contributed by atoms with Crippen LogP contribution >= 0.6 is 24.0 Å². The molecule has 0 aliphatic rings. The molecule has 0 aliphatic heterocycles. The van der Waals surface area contributed by atoms with Gasteiger partial charge in [-0.2, -0.15) is 0 Å². The predicted octanol–water partition coefficient (Wildman–Crippen LogP) is 5.00. The molecular formula is C23H29FIN5O2. The lowest BCUT2D eigenvalue weighted by Crippen LogP contribution is -2.37. The summed E-state index contributed by atoms with van der Waals surface area (Å²) in [6.07, 6.45) is 4.76. The molecule has 2 aromatic heterocycles. The lowest BCUT2D eigenvalue weighted by molar-refractivity contribution is 0.380. The molecule has 0 bridgehead atoms. The summed E-state index contributed by atoms with van der Waals surface area (Å²) >= 11 is 0. The van der Waals surface area contributed by atoms with Gasteiger partial charge in [-0.05, 0) is 43.2 Å². The number of halogens is 2. The van der Waals surface area contributed by atoms with E-state index in [0.717, 1.165) is 35.4 Å². The lowest BCUT2D eigenvalue weighted by Gasteiger charge is -2.12. The van der Waals surface area contributed by atoms with Crippen LogP contribution in [0.4, 0.5) is 4.39 Å². The maximum atomic E-state index is 14.5. The van der Waals surface area contributed by atoms with E-state index >= 15 is 0 Å². The van der Waals surface area contributed by atoms with Gasteiger partial charge in [-0.3, -0.25) is 4.98 Å². The first kappa shape index (κ1) is 25.6. The predicted molar refractivity (Wildman–Crippen MR) is 133 cm³/mol. The van der Waals surface area contributed by atoms with Gasteiger partial charge in [0.05, 0.1) is 18.4 Å². The number of ether oxygens (including phenoxy) is 1. The molecule has 0 unspecified atom stereocenters. The van der Waals surface area contributed by atoms with Gasteiger partial charge in [0.1, 0.15) is 11.5 Å². The zero-order chi connectivity index (χ0) is 22.1. The van der Waals surface area contributed by atoms with Gasteiger partial charge in [-0.25, -0.2) is 9.38 Å². The molecule has 0 spiro atoms. The van der Waals surface area contributed by atoms with E-state index < -0.39 is 5.82 Å². The molecule has 3 aromatic rings. The van der Waals surface area contributed by atoms with Crippen LogP contribution in [0.2, 0.25) is 0 Å². The highest BCUT2D eigenvalue weighted by atomic mass is 127. The van der Waals surface area contributed by atoms with Crippen molar-refractivity contribution < 1.29 is 13.7 Å². The number of benzene rings is 1. The molecule has 2 heterocycles. The van der Waals surface area contributed by atoms with E-state index in [2.05, 4.69) is 32.7 Å².